The van der Waals surface area contributed by atoms with Crippen LogP contribution in [-0.4, -0.2) is 42.0 Å². The standard InChI is InChI=1S/C16H21N3O3/c1-11-13(18-16(22-11)14-4-3-9-21-14)10-15(20)19(2)12-5-7-17-8-6-12/h3-4,9,12,17H,5-8,10H2,1-2H3. The zero-order valence-electron chi connectivity index (χ0n) is 13.0. The van der Waals surface area contributed by atoms with E-state index < -0.39 is 0 Å². The van der Waals surface area contributed by atoms with Crippen LogP contribution in [0.3, 0.4) is 0 Å². The molecule has 0 aromatic carbocycles. The first-order valence-electron chi connectivity index (χ1n) is 7.61. The fraction of sp³-hybridized carbons (Fsp3) is 0.500. The molecule has 0 aliphatic carbocycles. The molecule has 3 rings (SSSR count). The molecule has 1 fully saturated rings. The largest absolute Gasteiger partial charge is 0.459 e. The summed E-state index contributed by atoms with van der Waals surface area (Å²) in [6, 6.07) is 3.88. The summed E-state index contributed by atoms with van der Waals surface area (Å²) < 4.78 is 10.9. The highest BCUT2D eigenvalue weighted by atomic mass is 16.4. The van der Waals surface area contributed by atoms with Crippen LogP contribution < -0.4 is 5.32 Å². The Morgan fingerprint density at radius 2 is 2.23 bits per heavy atom. The van der Waals surface area contributed by atoms with Gasteiger partial charge in [0.25, 0.3) is 5.89 Å². The molecule has 0 spiro atoms. The van der Waals surface area contributed by atoms with Crippen LogP contribution in [0.25, 0.3) is 11.7 Å². The van der Waals surface area contributed by atoms with Crippen LogP contribution in [0.5, 0.6) is 0 Å². The van der Waals surface area contributed by atoms with Crippen molar-refractivity contribution in [3.8, 4) is 11.7 Å². The number of likely N-dealkylation sites (N-methyl/N-ethyl adjacent to an activating group) is 1. The van der Waals surface area contributed by atoms with Crippen LogP contribution in [-0.2, 0) is 11.2 Å². The number of nitrogens with zero attached hydrogens (tertiary/aromatic N) is 2. The number of rotatable bonds is 4. The normalized spacial score (nSPS) is 15.9. The van der Waals surface area contributed by atoms with Crippen molar-refractivity contribution >= 4 is 5.91 Å². The maximum atomic E-state index is 12.5. The van der Waals surface area contributed by atoms with Gasteiger partial charge in [-0.05, 0) is 45.0 Å². The Bertz CT molecular complexity index is 627. The lowest BCUT2D eigenvalue weighted by Crippen LogP contribution is -2.44. The van der Waals surface area contributed by atoms with Crippen LogP contribution in [0, 0.1) is 6.92 Å². The summed E-state index contributed by atoms with van der Waals surface area (Å²) in [6.07, 6.45) is 3.83. The summed E-state index contributed by atoms with van der Waals surface area (Å²) in [5.74, 6) is 1.75. The lowest BCUT2D eigenvalue weighted by Gasteiger charge is -2.31. The highest BCUT2D eigenvalue weighted by molar-refractivity contribution is 5.78. The van der Waals surface area contributed by atoms with Gasteiger partial charge in [0, 0.05) is 13.1 Å². The van der Waals surface area contributed by atoms with E-state index in [1.807, 2.05) is 18.9 Å². The predicted molar refractivity (Wildman–Crippen MR) is 81.3 cm³/mol. The molecule has 1 saturated heterocycles. The first-order chi connectivity index (χ1) is 10.6. The molecule has 1 aliphatic rings. The number of nitrogens with one attached hydrogen (secondary N) is 1. The van der Waals surface area contributed by atoms with Crippen LogP contribution in [0.1, 0.15) is 24.3 Å². The minimum atomic E-state index is 0.0781. The molecule has 1 amide bonds. The molecule has 2 aromatic heterocycles. The maximum absolute atomic E-state index is 12.5. The number of oxazole rings is 1. The van der Waals surface area contributed by atoms with Crippen molar-refractivity contribution in [2.75, 3.05) is 20.1 Å². The smallest absolute Gasteiger partial charge is 0.263 e. The minimum Gasteiger partial charge on any atom is -0.459 e. The van der Waals surface area contributed by atoms with Crippen molar-refractivity contribution < 1.29 is 13.6 Å². The van der Waals surface area contributed by atoms with E-state index in [9.17, 15) is 4.79 Å². The molecule has 6 nitrogen and oxygen atoms in total. The van der Waals surface area contributed by atoms with E-state index in [2.05, 4.69) is 10.3 Å². The van der Waals surface area contributed by atoms with Gasteiger partial charge in [-0.15, -0.1) is 0 Å². The monoisotopic (exact) mass is 303 g/mol. The van der Waals surface area contributed by atoms with E-state index in [1.54, 1.807) is 18.4 Å². The summed E-state index contributed by atoms with van der Waals surface area (Å²) in [5, 5.41) is 3.31. The molecule has 0 radical (unpaired) electrons. The number of furan rings is 1. The number of aryl methyl sites for hydroxylation is 1. The number of hydrogen-bond acceptors (Lipinski definition) is 5. The summed E-state index contributed by atoms with van der Waals surface area (Å²) in [4.78, 5) is 18.7. The Hall–Kier alpha value is -2.08. The molecule has 22 heavy (non-hydrogen) atoms. The minimum absolute atomic E-state index is 0.0781. The van der Waals surface area contributed by atoms with Crippen LogP contribution >= 0.6 is 0 Å². The third kappa shape index (κ3) is 3.06. The van der Waals surface area contributed by atoms with Gasteiger partial charge in [0.1, 0.15) is 5.76 Å². The van der Waals surface area contributed by atoms with Gasteiger partial charge in [-0.3, -0.25) is 4.79 Å². The Morgan fingerprint density at radius 1 is 1.45 bits per heavy atom. The Morgan fingerprint density at radius 3 is 2.91 bits per heavy atom. The van der Waals surface area contributed by atoms with Gasteiger partial charge in [-0.2, -0.15) is 0 Å². The third-order valence-corrected chi connectivity index (χ3v) is 4.19. The summed E-state index contributed by atoms with van der Waals surface area (Å²) in [7, 11) is 1.88. The van der Waals surface area contributed by atoms with E-state index in [-0.39, 0.29) is 12.3 Å². The van der Waals surface area contributed by atoms with Gasteiger partial charge in [0.15, 0.2) is 5.76 Å². The molecule has 0 atom stereocenters. The molecule has 0 unspecified atom stereocenters. The lowest BCUT2D eigenvalue weighted by molar-refractivity contribution is -0.131. The third-order valence-electron chi connectivity index (χ3n) is 4.19. The molecule has 1 aliphatic heterocycles. The molecule has 3 heterocycles. The van der Waals surface area contributed by atoms with Gasteiger partial charge < -0.3 is 19.1 Å². The highest BCUT2D eigenvalue weighted by Crippen LogP contribution is 2.23. The Labute approximate surface area is 129 Å². The quantitative estimate of drug-likeness (QED) is 0.935. The van der Waals surface area contributed by atoms with Gasteiger partial charge >= 0.3 is 0 Å². The van der Waals surface area contributed by atoms with Gasteiger partial charge in [0.05, 0.1) is 18.4 Å². The summed E-state index contributed by atoms with van der Waals surface area (Å²) >= 11 is 0. The van der Waals surface area contributed by atoms with Crippen molar-refractivity contribution in [3.05, 3.63) is 29.9 Å². The number of amides is 1. The average molecular weight is 303 g/mol. The molecule has 1 N–H and O–H groups in total. The van der Waals surface area contributed by atoms with E-state index in [0.717, 1.165) is 25.9 Å². The predicted octanol–water partition coefficient (Wildman–Crippen LogP) is 2.00. The summed E-state index contributed by atoms with van der Waals surface area (Å²) in [5.41, 5.74) is 0.678. The maximum Gasteiger partial charge on any atom is 0.263 e. The first-order valence-corrected chi connectivity index (χ1v) is 7.61. The highest BCUT2D eigenvalue weighted by Gasteiger charge is 2.24. The second kappa shape index (κ2) is 6.36. The number of hydrogen-bond donors (Lipinski definition) is 1. The molecule has 0 saturated carbocycles. The van der Waals surface area contributed by atoms with Crippen molar-refractivity contribution in [2.24, 2.45) is 0 Å². The van der Waals surface area contributed by atoms with Crippen LogP contribution in [0.4, 0.5) is 0 Å². The van der Waals surface area contributed by atoms with E-state index in [1.165, 1.54) is 0 Å². The SMILES string of the molecule is Cc1oc(-c2ccco2)nc1CC(=O)N(C)C1CCNCC1. The van der Waals surface area contributed by atoms with E-state index in [4.69, 9.17) is 8.83 Å². The molecular formula is C16H21N3O3. The van der Waals surface area contributed by atoms with Crippen LogP contribution in [0.15, 0.2) is 27.2 Å². The van der Waals surface area contributed by atoms with Crippen molar-refractivity contribution in [2.45, 2.75) is 32.2 Å². The summed E-state index contributed by atoms with van der Waals surface area (Å²) in [6.45, 7) is 3.76. The van der Waals surface area contributed by atoms with Crippen molar-refractivity contribution in [1.82, 2.24) is 15.2 Å². The fourth-order valence-corrected chi connectivity index (χ4v) is 2.76. The molecule has 118 valence electrons. The van der Waals surface area contributed by atoms with E-state index >= 15 is 0 Å². The lowest BCUT2D eigenvalue weighted by atomic mass is 10.0. The molecule has 0 bridgehead atoms. The molecule has 6 heteroatoms. The van der Waals surface area contributed by atoms with Crippen molar-refractivity contribution in [1.29, 1.82) is 0 Å². The van der Waals surface area contributed by atoms with Gasteiger partial charge in [0.2, 0.25) is 5.91 Å². The van der Waals surface area contributed by atoms with E-state index in [0.29, 0.717) is 29.1 Å². The zero-order valence-corrected chi connectivity index (χ0v) is 13.0. The fourth-order valence-electron chi connectivity index (χ4n) is 2.76. The van der Waals surface area contributed by atoms with Crippen molar-refractivity contribution in [3.63, 3.8) is 0 Å². The number of carbonyl (C=O) groups excluding carboxylic acids is 1. The topological polar surface area (TPSA) is 71.5 Å². The number of aromatic nitrogens is 1. The molecule has 2 aromatic rings. The second-order valence-corrected chi connectivity index (χ2v) is 5.66. The Balaban J connectivity index is 1.68. The zero-order chi connectivity index (χ0) is 15.5. The van der Waals surface area contributed by atoms with Crippen LogP contribution in [0.2, 0.25) is 0 Å². The number of carbonyl (C=O) groups is 1. The second-order valence-electron chi connectivity index (χ2n) is 5.66. The average Bonchev–Trinajstić information content (AvgIpc) is 3.18. The Kier molecular flexibility index (Phi) is 4.29. The molecular weight excluding hydrogens is 282 g/mol. The number of piperidine rings is 1. The van der Waals surface area contributed by atoms with Gasteiger partial charge in [-0.25, -0.2) is 4.98 Å². The first kappa shape index (κ1) is 14.8. The van der Waals surface area contributed by atoms with Gasteiger partial charge in [-0.1, -0.05) is 0 Å².